The monoisotopic (exact) mass is 379 g/mol. The van der Waals surface area contributed by atoms with Gasteiger partial charge in [0.15, 0.2) is 11.5 Å². The molecule has 1 aliphatic heterocycles. The fraction of sp³-hybridized carbons (Fsp3) is 0.368. The number of nitrogens with zero attached hydrogens (tertiary/aromatic N) is 5. The van der Waals surface area contributed by atoms with Gasteiger partial charge in [-0.25, -0.2) is 4.98 Å². The van der Waals surface area contributed by atoms with E-state index in [1.807, 2.05) is 12.1 Å². The van der Waals surface area contributed by atoms with Crippen molar-refractivity contribution in [3.8, 4) is 17.7 Å². The zero-order valence-electron chi connectivity index (χ0n) is 15.8. The number of rotatable bonds is 3. The van der Waals surface area contributed by atoms with E-state index in [1.54, 1.807) is 24.1 Å². The van der Waals surface area contributed by atoms with Crippen LogP contribution in [-0.2, 0) is 9.53 Å². The van der Waals surface area contributed by atoms with Crippen molar-refractivity contribution in [1.82, 2.24) is 30.3 Å². The predicted molar refractivity (Wildman–Crippen MR) is 104 cm³/mol. The van der Waals surface area contributed by atoms with Gasteiger partial charge < -0.3 is 15.0 Å². The Morgan fingerprint density at radius 2 is 2.39 bits per heavy atom. The lowest BCUT2D eigenvalue weighted by Crippen LogP contribution is -2.44. The molecule has 2 N–H and O–H groups in total. The number of nitrogens with one attached hydrogen (secondary N) is 2. The lowest BCUT2D eigenvalue weighted by Gasteiger charge is -2.34. The molecule has 4 rings (SSSR count). The first kappa shape index (κ1) is 18.0. The molecule has 0 spiro atoms. The molecule has 1 atom stereocenters. The Labute approximate surface area is 162 Å². The Morgan fingerprint density at radius 1 is 1.50 bits per heavy atom. The SMILES string of the molecule is CNC(=O)CC#Cc1cc(N2CCOC[C@H]2C)nc2c1cnn2-c1ccn[nH]1. The van der Waals surface area contributed by atoms with Gasteiger partial charge in [-0.05, 0) is 13.0 Å². The Bertz CT molecular complexity index is 1050. The second-order valence-electron chi connectivity index (χ2n) is 6.53. The summed E-state index contributed by atoms with van der Waals surface area (Å²) in [6.45, 7) is 4.16. The van der Waals surface area contributed by atoms with E-state index in [9.17, 15) is 4.79 Å². The van der Waals surface area contributed by atoms with Crippen molar-refractivity contribution < 1.29 is 9.53 Å². The van der Waals surface area contributed by atoms with Crippen molar-refractivity contribution in [3.63, 3.8) is 0 Å². The number of fused-ring (bicyclic) bond motifs is 1. The van der Waals surface area contributed by atoms with Gasteiger partial charge in [0.2, 0.25) is 5.91 Å². The summed E-state index contributed by atoms with van der Waals surface area (Å²) in [5.41, 5.74) is 1.47. The molecule has 0 unspecified atom stereocenters. The molecule has 0 aromatic carbocycles. The Hall–Kier alpha value is -3.38. The molecule has 1 saturated heterocycles. The smallest absolute Gasteiger partial charge is 0.231 e. The highest BCUT2D eigenvalue weighted by atomic mass is 16.5. The number of carbonyl (C=O) groups excluding carboxylic acids is 1. The lowest BCUT2D eigenvalue weighted by molar-refractivity contribution is -0.119. The molecule has 0 saturated carbocycles. The molecule has 28 heavy (non-hydrogen) atoms. The Balaban J connectivity index is 1.82. The maximum absolute atomic E-state index is 11.5. The molecule has 3 aromatic heterocycles. The summed E-state index contributed by atoms with van der Waals surface area (Å²) in [5, 5.41) is 14.8. The van der Waals surface area contributed by atoms with E-state index in [1.165, 1.54) is 0 Å². The summed E-state index contributed by atoms with van der Waals surface area (Å²) >= 11 is 0. The van der Waals surface area contributed by atoms with Crippen molar-refractivity contribution in [2.75, 3.05) is 31.7 Å². The predicted octanol–water partition coefficient (Wildman–Crippen LogP) is 0.856. The van der Waals surface area contributed by atoms with E-state index < -0.39 is 0 Å². The van der Waals surface area contributed by atoms with Crippen molar-refractivity contribution in [2.24, 2.45) is 0 Å². The molecule has 4 heterocycles. The Morgan fingerprint density at radius 3 is 3.14 bits per heavy atom. The van der Waals surface area contributed by atoms with Gasteiger partial charge in [0.1, 0.15) is 5.82 Å². The van der Waals surface area contributed by atoms with Crippen molar-refractivity contribution in [1.29, 1.82) is 0 Å². The highest BCUT2D eigenvalue weighted by Gasteiger charge is 2.22. The second kappa shape index (κ2) is 7.70. The number of hydrogen-bond donors (Lipinski definition) is 2. The second-order valence-corrected chi connectivity index (χ2v) is 6.53. The number of H-pyrrole nitrogens is 1. The number of hydrogen-bond acceptors (Lipinski definition) is 6. The molecule has 0 radical (unpaired) electrons. The first-order valence-corrected chi connectivity index (χ1v) is 9.09. The van der Waals surface area contributed by atoms with Crippen LogP contribution in [0.15, 0.2) is 24.5 Å². The largest absolute Gasteiger partial charge is 0.377 e. The van der Waals surface area contributed by atoms with Crippen LogP contribution in [0.5, 0.6) is 0 Å². The van der Waals surface area contributed by atoms with E-state index in [2.05, 4.69) is 44.3 Å². The van der Waals surface area contributed by atoms with Gasteiger partial charge in [-0.1, -0.05) is 11.8 Å². The summed E-state index contributed by atoms with van der Waals surface area (Å²) in [6.07, 6.45) is 3.54. The first-order valence-electron chi connectivity index (χ1n) is 9.09. The van der Waals surface area contributed by atoms with Crippen LogP contribution in [0.25, 0.3) is 16.9 Å². The summed E-state index contributed by atoms with van der Waals surface area (Å²) < 4.78 is 7.26. The third kappa shape index (κ3) is 3.42. The minimum atomic E-state index is -0.118. The molecule has 9 heteroatoms. The number of anilines is 1. The lowest BCUT2D eigenvalue weighted by atomic mass is 10.1. The zero-order valence-corrected chi connectivity index (χ0v) is 15.8. The maximum Gasteiger partial charge on any atom is 0.231 e. The molecule has 1 amide bonds. The third-order valence-electron chi connectivity index (χ3n) is 4.65. The van der Waals surface area contributed by atoms with Gasteiger partial charge >= 0.3 is 0 Å². The average molecular weight is 379 g/mol. The van der Waals surface area contributed by atoms with Gasteiger partial charge in [0.05, 0.1) is 43.5 Å². The summed E-state index contributed by atoms with van der Waals surface area (Å²) in [5.74, 6) is 7.47. The van der Waals surface area contributed by atoms with Crippen LogP contribution in [0.1, 0.15) is 18.9 Å². The van der Waals surface area contributed by atoms with Crippen LogP contribution in [0.2, 0.25) is 0 Å². The van der Waals surface area contributed by atoms with Crippen molar-refractivity contribution in [2.45, 2.75) is 19.4 Å². The Kier molecular flexibility index (Phi) is 4.95. The fourth-order valence-electron chi connectivity index (χ4n) is 3.16. The number of carbonyl (C=O) groups is 1. The van der Waals surface area contributed by atoms with Crippen LogP contribution in [-0.4, -0.2) is 63.7 Å². The molecule has 3 aromatic rings. The number of aromatic nitrogens is 5. The van der Waals surface area contributed by atoms with E-state index in [0.29, 0.717) is 18.9 Å². The molecule has 144 valence electrons. The van der Waals surface area contributed by atoms with Gasteiger partial charge in [-0.15, -0.1) is 0 Å². The van der Waals surface area contributed by atoms with Crippen molar-refractivity contribution >= 4 is 22.8 Å². The number of aromatic amines is 1. The number of pyridine rings is 1. The minimum absolute atomic E-state index is 0.118. The first-order chi connectivity index (χ1) is 13.7. The van der Waals surface area contributed by atoms with Gasteiger partial charge in [-0.2, -0.15) is 14.9 Å². The number of amides is 1. The molecule has 0 aliphatic carbocycles. The van der Waals surface area contributed by atoms with Crippen LogP contribution >= 0.6 is 0 Å². The van der Waals surface area contributed by atoms with Gasteiger partial charge in [0.25, 0.3) is 0 Å². The summed E-state index contributed by atoms with van der Waals surface area (Å²) in [7, 11) is 1.60. The quantitative estimate of drug-likeness (QED) is 0.655. The van der Waals surface area contributed by atoms with Crippen LogP contribution < -0.4 is 10.2 Å². The topological polar surface area (TPSA) is 101 Å². The highest BCUT2D eigenvalue weighted by molar-refractivity contribution is 5.86. The molecule has 1 aliphatic rings. The standard InChI is InChI=1S/C19H21N7O2/c1-13-12-28-9-8-25(13)17-10-14(4-3-5-18(27)20-2)15-11-22-26(19(15)23-17)16-6-7-21-24-16/h6-7,10-11,13H,5,8-9,12H2,1-2H3,(H,20,27)(H,21,24)/t13-/m1/s1. The third-order valence-corrected chi connectivity index (χ3v) is 4.65. The molecular weight excluding hydrogens is 358 g/mol. The highest BCUT2D eigenvalue weighted by Crippen LogP contribution is 2.26. The summed E-state index contributed by atoms with van der Waals surface area (Å²) in [4.78, 5) is 18.6. The zero-order chi connectivity index (χ0) is 19.5. The normalized spacial score (nSPS) is 16.6. The number of ether oxygens (including phenoxy) is 1. The number of morpholine rings is 1. The van der Waals surface area contributed by atoms with Crippen molar-refractivity contribution in [3.05, 3.63) is 30.1 Å². The van der Waals surface area contributed by atoms with Crippen LogP contribution in [0.3, 0.4) is 0 Å². The minimum Gasteiger partial charge on any atom is -0.377 e. The maximum atomic E-state index is 11.5. The summed E-state index contributed by atoms with van der Waals surface area (Å²) in [6, 6.07) is 3.99. The molecule has 1 fully saturated rings. The van der Waals surface area contributed by atoms with Crippen LogP contribution in [0.4, 0.5) is 5.82 Å². The average Bonchev–Trinajstić information content (AvgIpc) is 3.37. The van der Waals surface area contributed by atoms with E-state index in [0.717, 1.165) is 29.1 Å². The van der Waals surface area contributed by atoms with Crippen LogP contribution in [0, 0.1) is 11.8 Å². The molecule has 9 nitrogen and oxygen atoms in total. The molecule has 0 bridgehead atoms. The fourth-order valence-corrected chi connectivity index (χ4v) is 3.16. The molecular formula is C19H21N7O2. The van der Waals surface area contributed by atoms with E-state index in [4.69, 9.17) is 9.72 Å². The van der Waals surface area contributed by atoms with E-state index >= 15 is 0 Å². The van der Waals surface area contributed by atoms with Gasteiger partial charge in [0, 0.05) is 25.2 Å². The van der Waals surface area contributed by atoms with Gasteiger partial charge in [-0.3, -0.25) is 9.89 Å². The van der Waals surface area contributed by atoms with E-state index in [-0.39, 0.29) is 18.4 Å².